The molecule has 3 aromatic rings. The van der Waals surface area contributed by atoms with Gasteiger partial charge in [0.25, 0.3) is 0 Å². The van der Waals surface area contributed by atoms with E-state index in [1.807, 2.05) is 48.7 Å². The molecule has 6 nitrogen and oxygen atoms in total. The Kier molecular flexibility index (Phi) is 6.07. The summed E-state index contributed by atoms with van der Waals surface area (Å²) in [6, 6.07) is 16.8. The molecule has 1 heterocycles. The molecule has 0 atom stereocenters. The quantitative estimate of drug-likeness (QED) is 0.698. The van der Waals surface area contributed by atoms with Crippen LogP contribution in [0, 0.1) is 0 Å². The second-order valence-electron chi connectivity index (χ2n) is 5.32. The van der Waals surface area contributed by atoms with Gasteiger partial charge >= 0.3 is 12.1 Å². The molecule has 140 valence electrons. The number of fused-ring (bicyclic) bond motifs is 1. The van der Waals surface area contributed by atoms with E-state index in [0.717, 1.165) is 16.5 Å². The fourth-order valence-corrected chi connectivity index (χ4v) is 2.19. The Labute approximate surface area is 151 Å². The van der Waals surface area contributed by atoms with E-state index >= 15 is 0 Å². The van der Waals surface area contributed by atoms with Crippen LogP contribution in [0.2, 0.25) is 0 Å². The molecule has 0 saturated carbocycles. The summed E-state index contributed by atoms with van der Waals surface area (Å²) >= 11 is 0. The first-order valence-electron chi connectivity index (χ1n) is 7.53. The largest absolute Gasteiger partial charge is 0.542 e. The van der Waals surface area contributed by atoms with E-state index in [9.17, 15) is 23.1 Å². The number of nitrogens with zero attached hydrogens (tertiary/aromatic N) is 2. The van der Waals surface area contributed by atoms with Crippen LogP contribution in [0.5, 0.6) is 0 Å². The molecule has 0 radical (unpaired) electrons. The minimum Gasteiger partial charge on any atom is -0.542 e. The first kappa shape index (κ1) is 19.8. The molecule has 0 aliphatic heterocycles. The van der Waals surface area contributed by atoms with Crippen LogP contribution in [0.15, 0.2) is 60.8 Å². The van der Waals surface area contributed by atoms with Crippen LogP contribution >= 0.6 is 0 Å². The number of aromatic carboxylic acids is 1. The van der Waals surface area contributed by atoms with Crippen LogP contribution in [0.1, 0.15) is 15.9 Å². The van der Waals surface area contributed by atoms with Gasteiger partial charge in [0, 0.05) is 22.1 Å². The SMILES string of the molecule is O=C(O)c1ccccc1C[n+]1ccc2ccccc2n1.O=C([O-])C(F)(F)F. The molecule has 27 heavy (non-hydrogen) atoms. The number of benzene rings is 2. The van der Waals surface area contributed by atoms with Crippen LogP contribution in [-0.4, -0.2) is 28.3 Å². The predicted octanol–water partition coefficient (Wildman–Crippen LogP) is 1.57. The number of carboxylic acids is 2. The lowest BCUT2D eigenvalue weighted by Gasteiger charge is -2.03. The van der Waals surface area contributed by atoms with Gasteiger partial charge in [0.1, 0.15) is 11.5 Å². The van der Waals surface area contributed by atoms with Crippen molar-refractivity contribution in [1.29, 1.82) is 0 Å². The van der Waals surface area contributed by atoms with Crippen molar-refractivity contribution in [1.82, 2.24) is 5.10 Å². The zero-order valence-corrected chi connectivity index (χ0v) is 13.7. The lowest BCUT2D eigenvalue weighted by atomic mass is 10.1. The fourth-order valence-electron chi connectivity index (χ4n) is 2.19. The molecule has 0 aliphatic carbocycles. The number of aromatic nitrogens is 2. The molecule has 0 spiro atoms. The zero-order valence-electron chi connectivity index (χ0n) is 13.7. The number of carbonyl (C=O) groups is 2. The summed E-state index contributed by atoms with van der Waals surface area (Å²) in [5, 5.41) is 23.5. The van der Waals surface area contributed by atoms with Crippen LogP contribution in [0.4, 0.5) is 13.2 Å². The lowest BCUT2D eigenvalue weighted by Crippen LogP contribution is -2.38. The fraction of sp³-hybridized carbons (Fsp3) is 0.111. The van der Waals surface area contributed by atoms with Gasteiger partial charge in [-0.1, -0.05) is 41.1 Å². The smallest absolute Gasteiger partial charge is 0.430 e. The Bertz CT molecular complexity index is 974. The van der Waals surface area contributed by atoms with Crippen molar-refractivity contribution >= 4 is 22.8 Å². The monoisotopic (exact) mass is 378 g/mol. The molecule has 0 bridgehead atoms. The van der Waals surface area contributed by atoms with Gasteiger partial charge in [0.05, 0.1) is 5.56 Å². The molecule has 1 aromatic heterocycles. The summed E-state index contributed by atoms with van der Waals surface area (Å²) in [4.78, 5) is 20.0. The Balaban J connectivity index is 0.000000321. The summed E-state index contributed by atoms with van der Waals surface area (Å²) in [6.45, 7) is 0.438. The van der Waals surface area contributed by atoms with E-state index in [4.69, 9.17) is 9.90 Å². The normalized spacial score (nSPS) is 10.8. The predicted molar refractivity (Wildman–Crippen MR) is 85.5 cm³/mol. The van der Waals surface area contributed by atoms with E-state index in [1.54, 1.807) is 16.8 Å². The van der Waals surface area contributed by atoms with Crippen molar-refractivity contribution in [3.05, 3.63) is 71.9 Å². The van der Waals surface area contributed by atoms with Crippen molar-refractivity contribution in [3.63, 3.8) is 0 Å². The topological polar surface area (TPSA) is 94.2 Å². The molecule has 0 unspecified atom stereocenters. The average Bonchev–Trinajstić information content (AvgIpc) is 2.61. The summed E-state index contributed by atoms with van der Waals surface area (Å²) in [5.41, 5.74) is 1.95. The first-order chi connectivity index (χ1) is 12.7. The van der Waals surface area contributed by atoms with Gasteiger partial charge in [-0.15, -0.1) is 0 Å². The summed E-state index contributed by atoms with van der Waals surface area (Å²) in [5.74, 6) is -3.92. The van der Waals surface area contributed by atoms with Gasteiger partial charge in [-0.05, 0) is 12.1 Å². The maximum absolute atomic E-state index is 11.2. The average molecular weight is 378 g/mol. The number of halogens is 3. The van der Waals surface area contributed by atoms with Crippen LogP contribution in [0.3, 0.4) is 0 Å². The van der Waals surface area contributed by atoms with E-state index in [2.05, 4.69) is 5.10 Å². The van der Waals surface area contributed by atoms with Gasteiger partial charge < -0.3 is 15.0 Å². The van der Waals surface area contributed by atoms with Gasteiger partial charge in [0.15, 0.2) is 6.20 Å². The van der Waals surface area contributed by atoms with Crippen molar-refractivity contribution < 1.29 is 37.7 Å². The maximum atomic E-state index is 11.2. The molecule has 0 fully saturated rings. The third-order valence-corrected chi connectivity index (χ3v) is 3.41. The number of hydrogen-bond donors (Lipinski definition) is 1. The van der Waals surface area contributed by atoms with Crippen LogP contribution < -0.4 is 9.79 Å². The third-order valence-electron chi connectivity index (χ3n) is 3.41. The summed E-state index contributed by atoms with van der Waals surface area (Å²) in [7, 11) is 0. The Morgan fingerprint density at radius 2 is 1.63 bits per heavy atom. The zero-order chi connectivity index (χ0) is 20.0. The highest BCUT2D eigenvalue weighted by Gasteiger charge is 2.28. The molecular weight excluding hydrogens is 365 g/mol. The highest BCUT2D eigenvalue weighted by atomic mass is 19.4. The molecule has 1 N–H and O–H groups in total. The molecule has 2 aromatic carbocycles. The van der Waals surface area contributed by atoms with Crippen molar-refractivity contribution in [2.24, 2.45) is 0 Å². The molecular formula is C18H13F3N2O4. The highest BCUT2D eigenvalue weighted by molar-refractivity contribution is 5.89. The van der Waals surface area contributed by atoms with Gasteiger partial charge in [0.2, 0.25) is 6.54 Å². The number of rotatable bonds is 3. The number of carbonyl (C=O) groups excluding carboxylic acids is 1. The number of aliphatic carboxylic acids is 1. The van der Waals surface area contributed by atoms with Crippen molar-refractivity contribution in [3.8, 4) is 0 Å². The minimum atomic E-state index is -5.19. The number of carboxylic acid groups (broad SMARTS) is 2. The Hall–Kier alpha value is -3.49. The van der Waals surface area contributed by atoms with Crippen molar-refractivity contribution in [2.45, 2.75) is 12.7 Å². The maximum Gasteiger partial charge on any atom is 0.430 e. The molecule has 9 heteroatoms. The first-order valence-corrected chi connectivity index (χ1v) is 7.53. The van der Waals surface area contributed by atoms with Crippen LogP contribution in [0.25, 0.3) is 10.9 Å². The standard InChI is InChI=1S/C16H12N2O2.C2HF3O2/c19-16(20)14-7-3-1-6-13(14)11-18-10-9-12-5-2-4-8-15(12)17-18;3-2(4,5)1(6)7/h1-10H,11H2;(H,6,7). The van der Waals surface area contributed by atoms with Gasteiger partial charge in [-0.2, -0.15) is 13.2 Å². The van der Waals surface area contributed by atoms with E-state index < -0.39 is 18.1 Å². The lowest BCUT2D eigenvalue weighted by molar-refractivity contribution is -0.743. The van der Waals surface area contributed by atoms with Crippen molar-refractivity contribution in [2.75, 3.05) is 0 Å². The van der Waals surface area contributed by atoms with Crippen LogP contribution in [-0.2, 0) is 11.3 Å². The molecule has 0 amide bonds. The number of alkyl halides is 3. The summed E-state index contributed by atoms with van der Waals surface area (Å²) < 4.78 is 33.3. The van der Waals surface area contributed by atoms with Gasteiger partial charge in [-0.25, -0.2) is 4.79 Å². The second kappa shape index (κ2) is 8.26. The minimum absolute atomic E-state index is 0.315. The number of hydrogen-bond acceptors (Lipinski definition) is 4. The highest BCUT2D eigenvalue weighted by Crippen LogP contribution is 2.12. The Morgan fingerprint density at radius 3 is 2.26 bits per heavy atom. The third kappa shape index (κ3) is 5.50. The Morgan fingerprint density at radius 1 is 1.04 bits per heavy atom. The van der Waals surface area contributed by atoms with E-state index in [0.29, 0.717) is 12.1 Å². The molecule has 3 rings (SSSR count). The second-order valence-corrected chi connectivity index (χ2v) is 5.32. The van der Waals surface area contributed by atoms with E-state index in [-0.39, 0.29) is 0 Å². The van der Waals surface area contributed by atoms with Gasteiger partial charge in [-0.3, -0.25) is 0 Å². The molecule has 0 saturated heterocycles. The van der Waals surface area contributed by atoms with E-state index in [1.165, 1.54) is 0 Å². The molecule has 0 aliphatic rings. The summed E-state index contributed by atoms with van der Waals surface area (Å²) in [6.07, 6.45) is -3.33.